The summed E-state index contributed by atoms with van der Waals surface area (Å²) in [5.74, 6) is -0.505. The molecule has 0 spiro atoms. The summed E-state index contributed by atoms with van der Waals surface area (Å²) in [6, 6.07) is 0. The van der Waals surface area contributed by atoms with Crippen molar-refractivity contribution in [2.75, 3.05) is 7.11 Å². The van der Waals surface area contributed by atoms with E-state index >= 15 is 0 Å². The van der Waals surface area contributed by atoms with Crippen LogP contribution in [-0.4, -0.2) is 13.1 Å². The molecule has 2 nitrogen and oxygen atoms in total. The van der Waals surface area contributed by atoms with Gasteiger partial charge in [-0.3, -0.25) is 6.58 Å². The zero-order valence-corrected chi connectivity index (χ0v) is 3.47. The van der Waals surface area contributed by atoms with Crippen LogP contribution in [0.5, 0.6) is 0 Å². The number of hydrogen-bond acceptors (Lipinski definition) is 2. The average Bonchev–Trinajstić information content (AvgIpc) is 1.65. The van der Waals surface area contributed by atoms with Gasteiger partial charge in [0.25, 0.3) is 0 Å². The molecule has 0 aromatic heterocycles. The van der Waals surface area contributed by atoms with E-state index < -0.39 is 5.97 Å². The Morgan fingerprint density at radius 3 is 2.50 bits per heavy atom. The molecule has 0 fully saturated rings. The Morgan fingerprint density at radius 2 is 2.50 bits per heavy atom. The minimum Gasteiger partial charge on any atom is -0.550 e. The summed E-state index contributed by atoms with van der Waals surface area (Å²) in [4.78, 5) is 9.78. The molecule has 0 saturated carbocycles. The third-order valence-corrected chi connectivity index (χ3v) is 0.337. The van der Waals surface area contributed by atoms with E-state index in [-0.39, 0.29) is 0 Å². The van der Waals surface area contributed by atoms with Gasteiger partial charge >= 0.3 is 0 Å². The van der Waals surface area contributed by atoms with Gasteiger partial charge < -0.3 is 9.53 Å². The van der Waals surface area contributed by atoms with Crippen LogP contribution < -0.4 is 0 Å². The third-order valence-electron chi connectivity index (χ3n) is 0.337. The van der Waals surface area contributed by atoms with Gasteiger partial charge in [-0.05, 0) is 0 Å². The summed E-state index contributed by atoms with van der Waals surface area (Å²) in [7, 11) is 1.27. The standard InChI is InChI=1S/C4H5O2/c1-3-4(5)6-2/h1,3H,2H3/q-1. The van der Waals surface area contributed by atoms with E-state index in [4.69, 9.17) is 0 Å². The SMILES string of the molecule is [CH-]=CC(=O)OC. The molecule has 6 heavy (non-hydrogen) atoms. The molecule has 0 saturated heterocycles. The van der Waals surface area contributed by atoms with Gasteiger partial charge in [-0.2, -0.15) is 6.08 Å². The second kappa shape index (κ2) is 2.45. The van der Waals surface area contributed by atoms with Crippen molar-refractivity contribution >= 4 is 5.97 Å². The van der Waals surface area contributed by atoms with Crippen LogP contribution in [0.15, 0.2) is 6.08 Å². The van der Waals surface area contributed by atoms with E-state index in [0.717, 1.165) is 6.08 Å². The number of ether oxygens (including phenoxy) is 1. The van der Waals surface area contributed by atoms with Gasteiger partial charge in [-0.25, -0.2) is 0 Å². The lowest BCUT2D eigenvalue weighted by Gasteiger charge is -1.94. The molecule has 0 atom stereocenters. The van der Waals surface area contributed by atoms with E-state index in [2.05, 4.69) is 11.3 Å². The van der Waals surface area contributed by atoms with E-state index in [0.29, 0.717) is 0 Å². The van der Waals surface area contributed by atoms with Crippen LogP contribution in [0.2, 0.25) is 0 Å². The molecule has 2 heteroatoms. The predicted molar refractivity (Wildman–Crippen MR) is 20.9 cm³/mol. The van der Waals surface area contributed by atoms with Crippen molar-refractivity contribution in [3.8, 4) is 0 Å². The molecule has 0 amide bonds. The lowest BCUT2D eigenvalue weighted by Crippen LogP contribution is -1.91. The molecule has 0 heterocycles. The minimum absolute atomic E-state index is 0.505. The minimum atomic E-state index is -0.505. The molecule has 0 aliphatic carbocycles. The first kappa shape index (κ1) is 5.21. The van der Waals surface area contributed by atoms with Crippen molar-refractivity contribution in [2.24, 2.45) is 0 Å². The highest BCUT2D eigenvalue weighted by Gasteiger charge is 1.67. The van der Waals surface area contributed by atoms with E-state index in [1.165, 1.54) is 7.11 Å². The molecule has 0 aromatic carbocycles. The molecular formula is C4H5O2-. The van der Waals surface area contributed by atoms with Gasteiger partial charge in [0, 0.05) is 0 Å². The Balaban J connectivity index is 3.23. The number of hydrogen-bond donors (Lipinski definition) is 0. The van der Waals surface area contributed by atoms with Crippen molar-refractivity contribution in [1.82, 2.24) is 0 Å². The fraction of sp³-hybridized carbons (Fsp3) is 0.250. The van der Waals surface area contributed by atoms with Crippen molar-refractivity contribution in [1.29, 1.82) is 0 Å². The largest absolute Gasteiger partial charge is 0.550 e. The molecule has 34 valence electrons. The number of carbonyl (C=O) groups excluding carboxylic acids is 1. The highest BCUT2D eigenvalue weighted by Crippen LogP contribution is 1.67. The smallest absolute Gasteiger partial charge is 0.167 e. The van der Waals surface area contributed by atoms with Crippen LogP contribution >= 0.6 is 0 Å². The normalized spacial score (nSPS) is 6.83. The van der Waals surface area contributed by atoms with Gasteiger partial charge in [0.15, 0.2) is 5.97 Å². The van der Waals surface area contributed by atoms with Gasteiger partial charge in [0.2, 0.25) is 0 Å². The summed E-state index contributed by atoms with van der Waals surface area (Å²) >= 11 is 0. The molecule has 0 aliphatic rings. The van der Waals surface area contributed by atoms with Crippen LogP contribution in [-0.2, 0) is 9.53 Å². The Bertz CT molecular complexity index is 65.9. The Kier molecular flexibility index (Phi) is 2.13. The fourth-order valence-corrected chi connectivity index (χ4v) is 0.0680. The number of esters is 1. The topological polar surface area (TPSA) is 26.3 Å². The van der Waals surface area contributed by atoms with Gasteiger partial charge in [-0.1, -0.05) is 0 Å². The summed E-state index contributed by atoms with van der Waals surface area (Å²) in [5, 5.41) is 0. The van der Waals surface area contributed by atoms with Crippen LogP contribution in [0.4, 0.5) is 0 Å². The number of methoxy groups -OCH3 is 1. The highest BCUT2D eigenvalue weighted by atomic mass is 16.5. The molecule has 0 unspecified atom stereocenters. The number of carbonyl (C=O) groups is 1. The second-order valence-electron chi connectivity index (χ2n) is 0.690. The Morgan fingerprint density at radius 1 is 2.00 bits per heavy atom. The summed E-state index contributed by atoms with van der Waals surface area (Å²) in [5.41, 5.74) is 0. The fourth-order valence-electron chi connectivity index (χ4n) is 0.0680. The average molecular weight is 85.1 g/mol. The molecule has 0 N–H and O–H groups in total. The van der Waals surface area contributed by atoms with Crippen LogP contribution in [0.25, 0.3) is 0 Å². The molecule has 0 rings (SSSR count). The van der Waals surface area contributed by atoms with Crippen molar-refractivity contribution < 1.29 is 9.53 Å². The van der Waals surface area contributed by atoms with E-state index in [1.807, 2.05) is 0 Å². The highest BCUT2D eigenvalue weighted by molar-refractivity contribution is 5.80. The Hall–Kier alpha value is -0.790. The molecule has 0 radical (unpaired) electrons. The van der Waals surface area contributed by atoms with Crippen molar-refractivity contribution in [3.05, 3.63) is 12.7 Å². The monoisotopic (exact) mass is 85.0 g/mol. The first-order valence-electron chi connectivity index (χ1n) is 1.44. The summed E-state index contributed by atoms with van der Waals surface area (Å²) in [6.07, 6.45) is 0.861. The first-order valence-corrected chi connectivity index (χ1v) is 1.44. The van der Waals surface area contributed by atoms with Gasteiger partial charge in [0.1, 0.15) is 0 Å². The predicted octanol–water partition coefficient (Wildman–Crippen LogP) is 0.149. The van der Waals surface area contributed by atoms with Crippen molar-refractivity contribution in [3.63, 3.8) is 0 Å². The Labute approximate surface area is 36.4 Å². The lowest BCUT2D eigenvalue weighted by molar-refractivity contribution is -0.134. The van der Waals surface area contributed by atoms with Crippen LogP contribution in [0, 0.1) is 6.58 Å². The maximum atomic E-state index is 9.78. The van der Waals surface area contributed by atoms with Crippen LogP contribution in [0.1, 0.15) is 0 Å². The van der Waals surface area contributed by atoms with Crippen LogP contribution in [0.3, 0.4) is 0 Å². The molecule has 0 aromatic rings. The molecular weight excluding hydrogens is 80.0 g/mol. The maximum absolute atomic E-state index is 9.78. The zero-order valence-electron chi connectivity index (χ0n) is 3.47. The van der Waals surface area contributed by atoms with Gasteiger partial charge in [0.05, 0.1) is 7.11 Å². The van der Waals surface area contributed by atoms with E-state index in [9.17, 15) is 4.79 Å². The van der Waals surface area contributed by atoms with Gasteiger partial charge in [-0.15, -0.1) is 0 Å². The van der Waals surface area contributed by atoms with Crippen molar-refractivity contribution in [2.45, 2.75) is 0 Å². The molecule has 0 bridgehead atoms. The second-order valence-corrected chi connectivity index (χ2v) is 0.690. The summed E-state index contributed by atoms with van der Waals surface area (Å²) in [6.45, 7) is 4.68. The lowest BCUT2D eigenvalue weighted by atomic mass is 10.7. The molecule has 0 aliphatic heterocycles. The summed E-state index contributed by atoms with van der Waals surface area (Å²) < 4.78 is 4.08. The number of rotatable bonds is 1. The third kappa shape index (κ3) is 1.52. The first-order chi connectivity index (χ1) is 2.81. The zero-order chi connectivity index (χ0) is 4.99. The van der Waals surface area contributed by atoms with E-state index in [1.54, 1.807) is 0 Å². The maximum Gasteiger partial charge on any atom is 0.167 e. The quantitative estimate of drug-likeness (QED) is 0.257.